The quantitative estimate of drug-likeness (QED) is 0.502. The van der Waals surface area contributed by atoms with Gasteiger partial charge in [-0.15, -0.1) is 0 Å². The number of hydrogen-bond acceptors (Lipinski definition) is 7. The third-order valence-electron chi connectivity index (χ3n) is 3.91. The van der Waals surface area contributed by atoms with Crippen LogP contribution in [0, 0.1) is 0 Å². The second-order valence-electron chi connectivity index (χ2n) is 5.91. The van der Waals surface area contributed by atoms with E-state index in [1.165, 1.54) is 0 Å². The fourth-order valence-corrected chi connectivity index (χ4v) is 2.53. The minimum Gasteiger partial charge on any atom is -0.497 e. The first-order valence-electron chi connectivity index (χ1n) is 8.79. The highest BCUT2D eigenvalue weighted by atomic mass is 16.5. The van der Waals surface area contributed by atoms with E-state index >= 15 is 0 Å². The van der Waals surface area contributed by atoms with Gasteiger partial charge in [-0.05, 0) is 36.2 Å². The van der Waals surface area contributed by atoms with Gasteiger partial charge >= 0.3 is 0 Å². The monoisotopic (exact) mass is 365 g/mol. The lowest BCUT2D eigenvalue weighted by Gasteiger charge is -2.12. The second kappa shape index (κ2) is 9.49. The Kier molecular flexibility index (Phi) is 6.54. The van der Waals surface area contributed by atoms with Crippen LogP contribution in [0.2, 0.25) is 0 Å². The minimum atomic E-state index is 0.121. The Hall–Kier alpha value is -3.19. The van der Waals surface area contributed by atoms with E-state index in [1.807, 2.05) is 42.5 Å². The van der Waals surface area contributed by atoms with Crippen molar-refractivity contribution in [3.05, 3.63) is 60.4 Å². The molecular weight excluding hydrogens is 342 g/mol. The van der Waals surface area contributed by atoms with Gasteiger partial charge in [0, 0.05) is 43.7 Å². The van der Waals surface area contributed by atoms with E-state index in [2.05, 4.69) is 25.6 Å². The van der Waals surface area contributed by atoms with E-state index in [4.69, 9.17) is 9.84 Å². The predicted molar refractivity (Wildman–Crippen MR) is 106 cm³/mol. The molecule has 3 rings (SSSR count). The molecule has 7 nitrogen and oxygen atoms in total. The van der Waals surface area contributed by atoms with E-state index in [0.29, 0.717) is 31.3 Å². The number of pyridine rings is 1. The standard InChI is InChI=1S/C20H23N5O2/c1-27-17-7-2-5-15(11-17)13-23-19-12-18(16-6-3-8-21-14-16)24-20(25-19)22-9-4-10-26/h2-3,5-8,11-12,14,26H,4,9-10,13H2,1H3,(H2,22,23,24,25). The van der Waals surface area contributed by atoms with Crippen LogP contribution in [0.1, 0.15) is 12.0 Å². The molecule has 0 unspecified atom stereocenters. The summed E-state index contributed by atoms with van der Waals surface area (Å²) in [6.07, 6.45) is 4.13. The Morgan fingerprint density at radius 3 is 2.78 bits per heavy atom. The molecule has 1 aromatic carbocycles. The van der Waals surface area contributed by atoms with E-state index in [0.717, 1.165) is 22.6 Å². The van der Waals surface area contributed by atoms with Crippen molar-refractivity contribution in [3.8, 4) is 17.0 Å². The molecule has 0 bridgehead atoms. The van der Waals surface area contributed by atoms with Crippen molar-refractivity contribution in [1.29, 1.82) is 0 Å². The summed E-state index contributed by atoms with van der Waals surface area (Å²) in [7, 11) is 1.65. The number of nitrogens with one attached hydrogen (secondary N) is 2. The predicted octanol–water partition coefficient (Wildman–Crippen LogP) is 2.95. The molecule has 0 atom stereocenters. The van der Waals surface area contributed by atoms with Crippen molar-refractivity contribution in [3.63, 3.8) is 0 Å². The van der Waals surface area contributed by atoms with Crippen molar-refractivity contribution in [2.24, 2.45) is 0 Å². The summed E-state index contributed by atoms with van der Waals surface area (Å²) in [6, 6.07) is 13.6. The highest BCUT2D eigenvalue weighted by Gasteiger charge is 2.07. The molecule has 0 saturated heterocycles. The molecule has 3 aromatic rings. The fraction of sp³-hybridized carbons (Fsp3) is 0.250. The fourth-order valence-electron chi connectivity index (χ4n) is 2.53. The molecule has 7 heteroatoms. The van der Waals surface area contributed by atoms with E-state index < -0.39 is 0 Å². The largest absolute Gasteiger partial charge is 0.497 e. The molecule has 0 spiro atoms. The third-order valence-corrected chi connectivity index (χ3v) is 3.91. The summed E-state index contributed by atoms with van der Waals surface area (Å²) in [5.41, 5.74) is 2.78. The first-order chi connectivity index (χ1) is 13.3. The molecule has 0 aliphatic carbocycles. The average Bonchev–Trinajstić information content (AvgIpc) is 2.73. The molecule has 2 aromatic heterocycles. The van der Waals surface area contributed by atoms with Gasteiger partial charge < -0.3 is 20.5 Å². The SMILES string of the molecule is COc1cccc(CNc2cc(-c3cccnc3)nc(NCCCO)n2)c1. The Balaban J connectivity index is 1.80. The van der Waals surface area contributed by atoms with E-state index in [1.54, 1.807) is 19.5 Å². The third kappa shape index (κ3) is 5.39. The smallest absolute Gasteiger partial charge is 0.225 e. The van der Waals surface area contributed by atoms with Crippen LogP contribution in [-0.2, 0) is 6.54 Å². The zero-order chi connectivity index (χ0) is 18.9. The summed E-state index contributed by atoms with van der Waals surface area (Å²) in [4.78, 5) is 13.2. The van der Waals surface area contributed by atoms with Crippen molar-refractivity contribution < 1.29 is 9.84 Å². The zero-order valence-corrected chi connectivity index (χ0v) is 15.2. The molecule has 0 saturated carbocycles. The van der Waals surface area contributed by atoms with Crippen LogP contribution in [0.5, 0.6) is 5.75 Å². The zero-order valence-electron chi connectivity index (χ0n) is 15.2. The number of anilines is 2. The number of aromatic nitrogens is 3. The Labute approximate surface area is 158 Å². The summed E-state index contributed by atoms with van der Waals surface area (Å²) in [6.45, 7) is 1.33. The van der Waals surface area contributed by atoms with Gasteiger partial charge in [-0.2, -0.15) is 4.98 Å². The van der Waals surface area contributed by atoms with Crippen LogP contribution in [-0.4, -0.2) is 40.3 Å². The lowest BCUT2D eigenvalue weighted by atomic mass is 10.2. The average molecular weight is 365 g/mol. The van der Waals surface area contributed by atoms with Crippen molar-refractivity contribution >= 4 is 11.8 Å². The summed E-state index contributed by atoms with van der Waals surface area (Å²) < 4.78 is 5.27. The van der Waals surface area contributed by atoms with Crippen LogP contribution in [0.3, 0.4) is 0 Å². The van der Waals surface area contributed by atoms with Gasteiger partial charge in [0.1, 0.15) is 11.6 Å². The van der Waals surface area contributed by atoms with Crippen LogP contribution < -0.4 is 15.4 Å². The van der Waals surface area contributed by atoms with Crippen molar-refractivity contribution in [2.75, 3.05) is 30.9 Å². The number of methoxy groups -OCH3 is 1. The maximum atomic E-state index is 8.97. The van der Waals surface area contributed by atoms with Gasteiger partial charge in [-0.25, -0.2) is 4.98 Å². The van der Waals surface area contributed by atoms with E-state index in [-0.39, 0.29) is 6.61 Å². The summed E-state index contributed by atoms with van der Waals surface area (Å²) in [5.74, 6) is 2.04. The number of benzene rings is 1. The first kappa shape index (κ1) is 18.6. The molecular formula is C20H23N5O2. The van der Waals surface area contributed by atoms with Crippen molar-refractivity contribution in [1.82, 2.24) is 15.0 Å². The van der Waals surface area contributed by atoms with Gasteiger partial charge in [0.05, 0.1) is 12.8 Å². The van der Waals surface area contributed by atoms with Gasteiger partial charge in [0.15, 0.2) is 0 Å². The lowest BCUT2D eigenvalue weighted by Crippen LogP contribution is -2.10. The first-order valence-corrected chi connectivity index (χ1v) is 8.79. The maximum Gasteiger partial charge on any atom is 0.225 e. The molecule has 3 N–H and O–H groups in total. The van der Waals surface area contributed by atoms with Crippen molar-refractivity contribution in [2.45, 2.75) is 13.0 Å². The molecule has 140 valence electrons. The van der Waals surface area contributed by atoms with Gasteiger partial charge in [-0.3, -0.25) is 4.98 Å². The van der Waals surface area contributed by atoms with Gasteiger partial charge in [0.25, 0.3) is 0 Å². The normalized spacial score (nSPS) is 10.4. The molecule has 0 amide bonds. The summed E-state index contributed by atoms with van der Waals surface area (Å²) >= 11 is 0. The van der Waals surface area contributed by atoms with Crippen LogP contribution >= 0.6 is 0 Å². The molecule has 0 fully saturated rings. The number of rotatable bonds is 9. The molecule has 0 radical (unpaired) electrons. The number of aliphatic hydroxyl groups is 1. The highest BCUT2D eigenvalue weighted by Crippen LogP contribution is 2.21. The Morgan fingerprint density at radius 2 is 2.00 bits per heavy atom. The van der Waals surface area contributed by atoms with Gasteiger partial charge in [-0.1, -0.05) is 12.1 Å². The lowest BCUT2D eigenvalue weighted by molar-refractivity contribution is 0.292. The maximum absolute atomic E-state index is 8.97. The Bertz CT molecular complexity index is 858. The summed E-state index contributed by atoms with van der Waals surface area (Å²) in [5, 5.41) is 15.5. The van der Waals surface area contributed by atoms with E-state index in [9.17, 15) is 0 Å². The number of ether oxygens (including phenoxy) is 1. The number of aliphatic hydroxyl groups excluding tert-OH is 1. The van der Waals surface area contributed by atoms with Crippen LogP contribution in [0.15, 0.2) is 54.9 Å². The second-order valence-corrected chi connectivity index (χ2v) is 5.91. The topological polar surface area (TPSA) is 92.2 Å². The van der Waals surface area contributed by atoms with Crippen LogP contribution in [0.25, 0.3) is 11.3 Å². The highest BCUT2D eigenvalue weighted by molar-refractivity contribution is 5.63. The molecule has 0 aliphatic rings. The minimum absolute atomic E-state index is 0.121. The molecule has 2 heterocycles. The Morgan fingerprint density at radius 1 is 1.07 bits per heavy atom. The number of hydrogen-bond donors (Lipinski definition) is 3. The van der Waals surface area contributed by atoms with Gasteiger partial charge in [0.2, 0.25) is 5.95 Å². The molecule has 27 heavy (non-hydrogen) atoms. The molecule has 0 aliphatic heterocycles. The van der Waals surface area contributed by atoms with Crippen LogP contribution in [0.4, 0.5) is 11.8 Å². The number of nitrogens with zero attached hydrogens (tertiary/aromatic N) is 3.